The molecule has 2 aromatic heterocycles. The van der Waals surface area contributed by atoms with Crippen molar-refractivity contribution in [1.82, 2.24) is 4.98 Å². The minimum atomic E-state index is -0.274. The van der Waals surface area contributed by atoms with Gasteiger partial charge in [-0.15, -0.1) is 22.7 Å². The standard InChI is InChI=1S/C17H15FN2OS2/c1-11-16(12-4-6-13(18)7-5-12)20-17(23-11)19-15(21)9-8-14-3-2-10-22-14/h2-7,10H,8-9H2,1H3,(H,19,20,21). The summed E-state index contributed by atoms with van der Waals surface area (Å²) in [6.07, 6.45) is 1.17. The van der Waals surface area contributed by atoms with Gasteiger partial charge in [0.1, 0.15) is 5.82 Å². The van der Waals surface area contributed by atoms with Gasteiger partial charge in [-0.3, -0.25) is 4.79 Å². The minimum Gasteiger partial charge on any atom is -0.302 e. The third-order valence-corrected chi connectivity index (χ3v) is 5.16. The molecule has 0 unspecified atom stereocenters. The highest BCUT2D eigenvalue weighted by atomic mass is 32.1. The molecule has 0 fully saturated rings. The number of hydrogen-bond donors (Lipinski definition) is 1. The van der Waals surface area contributed by atoms with Crippen molar-refractivity contribution in [2.75, 3.05) is 5.32 Å². The molecule has 0 aliphatic heterocycles. The summed E-state index contributed by atoms with van der Waals surface area (Å²) in [5.74, 6) is -0.318. The summed E-state index contributed by atoms with van der Waals surface area (Å²) >= 11 is 3.08. The number of carbonyl (C=O) groups is 1. The van der Waals surface area contributed by atoms with E-state index < -0.39 is 0 Å². The molecule has 3 aromatic rings. The van der Waals surface area contributed by atoms with E-state index in [0.717, 1.165) is 22.6 Å². The summed E-state index contributed by atoms with van der Waals surface area (Å²) in [6.45, 7) is 1.94. The number of thiophene rings is 1. The lowest BCUT2D eigenvalue weighted by molar-refractivity contribution is -0.116. The van der Waals surface area contributed by atoms with Crippen LogP contribution >= 0.6 is 22.7 Å². The summed E-state index contributed by atoms with van der Waals surface area (Å²) < 4.78 is 13.0. The molecule has 3 nitrogen and oxygen atoms in total. The van der Waals surface area contributed by atoms with E-state index in [-0.39, 0.29) is 11.7 Å². The smallest absolute Gasteiger partial charge is 0.226 e. The van der Waals surface area contributed by atoms with Crippen molar-refractivity contribution in [3.05, 3.63) is 57.3 Å². The van der Waals surface area contributed by atoms with Crippen LogP contribution in [0.15, 0.2) is 41.8 Å². The van der Waals surface area contributed by atoms with Crippen LogP contribution in [0.2, 0.25) is 0 Å². The summed E-state index contributed by atoms with van der Waals surface area (Å²) in [5.41, 5.74) is 1.63. The van der Waals surface area contributed by atoms with Crippen LogP contribution in [-0.2, 0) is 11.2 Å². The van der Waals surface area contributed by atoms with Crippen molar-refractivity contribution in [2.45, 2.75) is 19.8 Å². The first-order valence-electron chi connectivity index (χ1n) is 7.17. The van der Waals surface area contributed by atoms with Gasteiger partial charge >= 0.3 is 0 Å². The molecule has 118 valence electrons. The molecule has 1 N–H and O–H groups in total. The number of nitrogens with zero attached hydrogens (tertiary/aromatic N) is 1. The third kappa shape index (κ3) is 4.03. The number of halogens is 1. The normalized spacial score (nSPS) is 10.7. The Morgan fingerprint density at radius 1 is 1.26 bits per heavy atom. The summed E-state index contributed by atoms with van der Waals surface area (Å²) in [6, 6.07) is 10.2. The minimum absolute atomic E-state index is 0.0437. The van der Waals surface area contributed by atoms with Crippen LogP contribution in [0.3, 0.4) is 0 Å². The predicted molar refractivity (Wildman–Crippen MR) is 93.5 cm³/mol. The highest BCUT2D eigenvalue weighted by Gasteiger charge is 2.12. The van der Waals surface area contributed by atoms with Gasteiger partial charge in [-0.25, -0.2) is 9.37 Å². The lowest BCUT2D eigenvalue weighted by Crippen LogP contribution is -2.11. The number of carbonyl (C=O) groups excluding carboxylic acids is 1. The Hall–Kier alpha value is -2.05. The van der Waals surface area contributed by atoms with Crippen LogP contribution in [-0.4, -0.2) is 10.9 Å². The molecule has 2 heterocycles. The Bertz CT molecular complexity index is 795. The second kappa shape index (κ2) is 7.02. The van der Waals surface area contributed by atoms with E-state index in [4.69, 9.17) is 0 Å². The van der Waals surface area contributed by atoms with Gasteiger partial charge in [0.05, 0.1) is 5.69 Å². The van der Waals surface area contributed by atoms with Crippen LogP contribution in [0.5, 0.6) is 0 Å². The first kappa shape index (κ1) is 15.8. The van der Waals surface area contributed by atoms with E-state index in [1.165, 1.54) is 28.3 Å². The molecule has 0 aliphatic carbocycles. The number of benzene rings is 1. The fourth-order valence-corrected chi connectivity index (χ4v) is 3.76. The molecule has 0 aliphatic rings. The molecule has 0 radical (unpaired) electrons. The molecule has 0 saturated heterocycles. The predicted octanol–water partition coefficient (Wildman–Crippen LogP) is 4.89. The van der Waals surface area contributed by atoms with E-state index in [1.54, 1.807) is 23.5 Å². The van der Waals surface area contributed by atoms with Gasteiger partial charge in [0, 0.05) is 21.7 Å². The molecule has 0 atom stereocenters. The number of anilines is 1. The average Bonchev–Trinajstić information content (AvgIpc) is 3.16. The Balaban J connectivity index is 1.66. The second-order valence-corrected chi connectivity index (χ2v) is 7.29. The van der Waals surface area contributed by atoms with Crippen molar-refractivity contribution in [2.24, 2.45) is 0 Å². The van der Waals surface area contributed by atoms with E-state index >= 15 is 0 Å². The van der Waals surface area contributed by atoms with Crippen LogP contribution in [0.25, 0.3) is 11.3 Å². The second-order valence-electron chi connectivity index (χ2n) is 5.06. The number of aromatic nitrogens is 1. The third-order valence-electron chi connectivity index (χ3n) is 3.34. The SMILES string of the molecule is Cc1sc(NC(=O)CCc2cccs2)nc1-c1ccc(F)cc1. The fourth-order valence-electron chi connectivity index (χ4n) is 2.20. The van der Waals surface area contributed by atoms with Gasteiger partial charge in [0.25, 0.3) is 0 Å². The van der Waals surface area contributed by atoms with Crippen molar-refractivity contribution < 1.29 is 9.18 Å². The molecule has 0 spiro atoms. The number of aryl methyl sites for hydroxylation is 2. The van der Waals surface area contributed by atoms with Crippen molar-refractivity contribution >= 4 is 33.7 Å². The van der Waals surface area contributed by atoms with Crippen LogP contribution < -0.4 is 5.32 Å². The highest BCUT2D eigenvalue weighted by molar-refractivity contribution is 7.16. The van der Waals surface area contributed by atoms with Crippen molar-refractivity contribution in [3.63, 3.8) is 0 Å². The van der Waals surface area contributed by atoms with Crippen molar-refractivity contribution in [1.29, 1.82) is 0 Å². The zero-order chi connectivity index (χ0) is 16.2. The topological polar surface area (TPSA) is 42.0 Å². The molecule has 0 bridgehead atoms. The van der Waals surface area contributed by atoms with E-state index in [0.29, 0.717) is 11.6 Å². The number of thiazole rings is 1. The summed E-state index contributed by atoms with van der Waals surface area (Å²) in [5, 5.41) is 5.43. The lowest BCUT2D eigenvalue weighted by Gasteiger charge is -2.00. The Labute approximate surface area is 141 Å². The summed E-state index contributed by atoms with van der Waals surface area (Å²) in [4.78, 5) is 18.7. The lowest BCUT2D eigenvalue weighted by atomic mass is 10.1. The highest BCUT2D eigenvalue weighted by Crippen LogP contribution is 2.30. The largest absolute Gasteiger partial charge is 0.302 e. The maximum Gasteiger partial charge on any atom is 0.226 e. The Morgan fingerprint density at radius 3 is 2.74 bits per heavy atom. The van der Waals surface area contributed by atoms with Gasteiger partial charge in [-0.05, 0) is 49.1 Å². The van der Waals surface area contributed by atoms with E-state index in [9.17, 15) is 9.18 Å². The number of nitrogens with one attached hydrogen (secondary N) is 1. The first-order chi connectivity index (χ1) is 11.1. The van der Waals surface area contributed by atoms with Gasteiger partial charge in [-0.2, -0.15) is 0 Å². The van der Waals surface area contributed by atoms with Crippen LogP contribution in [0.1, 0.15) is 16.2 Å². The number of rotatable bonds is 5. The number of amides is 1. The maximum atomic E-state index is 13.0. The quantitative estimate of drug-likeness (QED) is 0.714. The molecule has 0 saturated carbocycles. The monoisotopic (exact) mass is 346 g/mol. The fraction of sp³-hybridized carbons (Fsp3) is 0.176. The van der Waals surface area contributed by atoms with Gasteiger partial charge in [0.2, 0.25) is 5.91 Å². The average molecular weight is 346 g/mol. The molecular formula is C17H15FN2OS2. The Kier molecular flexibility index (Phi) is 4.83. The molecule has 23 heavy (non-hydrogen) atoms. The first-order valence-corrected chi connectivity index (χ1v) is 8.87. The van der Waals surface area contributed by atoms with Gasteiger partial charge in [0.15, 0.2) is 5.13 Å². The van der Waals surface area contributed by atoms with Gasteiger partial charge < -0.3 is 5.32 Å². The van der Waals surface area contributed by atoms with Gasteiger partial charge in [-0.1, -0.05) is 6.07 Å². The summed E-state index contributed by atoms with van der Waals surface area (Å²) in [7, 11) is 0. The molecule has 6 heteroatoms. The zero-order valence-corrected chi connectivity index (χ0v) is 14.1. The zero-order valence-electron chi connectivity index (χ0n) is 12.5. The Morgan fingerprint density at radius 2 is 2.04 bits per heavy atom. The molecular weight excluding hydrogens is 331 g/mol. The van der Waals surface area contributed by atoms with E-state index in [2.05, 4.69) is 10.3 Å². The van der Waals surface area contributed by atoms with E-state index in [1.807, 2.05) is 24.4 Å². The molecule has 3 rings (SSSR count). The maximum absolute atomic E-state index is 13.0. The van der Waals surface area contributed by atoms with Crippen LogP contribution in [0.4, 0.5) is 9.52 Å². The van der Waals surface area contributed by atoms with Crippen LogP contribution in [0, 0.1) is 12.7 Å². The van der Waals surface area contributed by atoms with Crippen molar-refractivity contribution in [3.8, 4) is 11.3 Å². The molecule has 1 aromatic carbocycles. The molecule has 1 amide bonds. The number of hydrogen-bond acceptors (Lipinski definition) is 4.